The summed E-state index contributed by atoms with van der Waals surface area (Å²) in [6.07, 6.45) is 3.80. The summed E-state index contributed by atoms with van der Waals surface area (Å²) in [6.45, 7) is 3.18. The molecule has 2 rings (SSSR count). The van der Waals surface area contributed by atoms with E-state index in [9.17, 15) is 13.2 Å². The number of aromatic nitrogens is 1. The van der Waals surface area contributed by atoms with Crippen LogP contribution in [0, 0.1) is 0 Å². The van der Waals surface area contributed by atoms with Gasteiger partial charge >= 0.3 is 0 Å². The molecule has 0 aromatic carbocycles. The van der Waals surface area contributed by atoms with E-state index in [1.165, 1.54) is 0 Å². The summed E-state index contributed by atoms with van der Waals surface area (Å²) in [4.78, 5) is 14.5. The van der Waals surface area contributed by atoms with Crippen molar-refractivity contribution in [3.05, 3.63) is 27.7 Å². The molecular weight excluding hydrogens is 238 g/mol. The van der Waals surface area contributed by atoms with Crippen LogP contribution in [0.15, 0.2) is 15.8 Å². The molecule has 0 radical (unpaired) electrons. The van der Waals surface area contributed by atoms with Crippen molar-refractivity contribution in [2.75, 3.05) is 0 Å². The summed E-state index contributed by atoms with van der Waals surface area (Å²) in [7, 11) is -3.48. The SMILES string of the molecule is CC(C)S(=O)(=O)c1cc2c([nH]c1=O)CCCC2. The highest BCUT2D eigenvalue weighted by Crippen LogP contribution is 2.21. The predicted molar refractivity (Wildman–Crippen MR) is 66.0 cm³/mol. The van der Waals surface area contributed by atoms with Gasteiger partial charge in [0.2, 0.25) is 0 Å². The highest BCUT2D eigenvalue weighted by molar-refractivity contribution is 7.92. The monoisotopic (exact) mass is 255 g/mol. The van der Waals surface area contributed by atoms with Crippen molar-refractivity contribution in [1.82, 2.24) is 4.98 Å². The minimum absolute atomic E-state index is 0.0758. The maximum absolute atomic E-state index is 12.0. The summed E-state index contributed by atoms with van der Waals surface area (Å²) >= 11 is 0. The molecule has 1 aliphatic rings. The van der Waals surface area contributed by atoms with Crippen LogP contribution in [0.4, 0.5) is 0 Å². The van der Waals surface area contributed by atoms with Crippen LogP contribution in [0.5, 0.6) is 0 Å². The van der Waals surface area contributed by atoms with Crippen molar-refractivity contribution in [3.63, 3.8) is 0 Å². The Morgan fingerprint density at radius 2 is 1.88 bits per heavy atom. The Kier molecular flexibility index (Phi) is 3.12. The first-order valence-electron chi connectivity index (χ1n) is 5.92. The Morgan fingerprint density at radius 3 is 2.53 bits per heavy atom. The second-order valence-electron chi connectivity index (χ2n) is 4.77. The van der Waals surface area contributed by atoms with Crippen molar-refractivity contribution >= 4 is 9.84 Å². The molecular formula is C12H17NO3S. The van der Waals surface area contributed by atoms with Gasteiger partial charge in [-0.15, -0.1) is 0 Å². The number of pyridine rings is 1. The Labute approximate surface area is 101 Å². The van der Waals surface area contributed by atoms with Gasteiger partial charge < -0.3 is 4.98 Å². The van der Waals surface area contributed by atoms with Crippen LogP contribution in [-0.4, -0.2) is 18.7 Å². The summed E-state index contributed by atoms with van der Waals surface area (Å²) < 4.78 is 24.0. The van der Waals surface area contributed by atoms with Crippen LogP contribution in [0.1, 0.15) is 37.9 Å². The molecule has 0 bridgehead atoms. The van der Waals surface area contributed by atoms with Gasteiger partial charge in [0, 0.05) is 5.69 Å². The molecule has 0 unspecified atom stereocenters. The Bertz CT molecular complexity index is 584. The average molecular weight is 255 g/mol. The third kappa shape index (κ3) is 2.16. The zero-order valence-electron chi connectivity index (χ0n) is 10.1. The molecule has 0 atom stereocenters. The minimum atomic E-state index is -3.48. The molecule has 0 spiro atoms. The lowest BCUT2D eigenvalue weighted by Crippen LogP contribution is -2.26. The molecule has 17 heavy (non-hydrogen) atoms. The van der Waals surface area contributed by atoms with E-state index in [0.29, 0.717) is 0 Å². The van der Waals surface area contributed by atoms with Crippen molar-refractivity contribution in [1.29, 1.82) is 0 Å². The lowest BCUT2D eigenvalue weighted by atomic mass is 9.96. The van der Waals surface area contributed by atoms with Gasteiger partial charge in [-0.05, 0) is 51.2 Å². The first-order chi connectivity index (χ1) is 7.93. The van der Waals surface area contributed by atoms with Gasteiger partial charge in [-0.1, -0.05) is 0 Å². The van der Waals surface area contributed by atoms with Crippen molar-refractivity contribution < 1.29 is 8.42 Å². The zero-order valence-corrected chi connectivity index (χ0v) is 10.9. The number of hydrogen-bond acceptors (Lipinski definition) is 3. The van der Waals surface area contributed by atoms with E-state index in [1.807, 2.05) is 0 Å². The van der Waals surface area contributed by atoms with E-state index >= 15 is 0 Å². The average Bonchev–Trinajstić information content (AvgIpc) is 2.27. The number of fused-ring (bicyclic) bond motifs is 1. The molecule has 1 aliphatic carbocycles. The smallest absolute Gasteiger partial charge is 0.266 e. The van der Waals surface area contributed by atoms with Crippen molar-refractivity contribution in [2.45, 2.75) is 49.7 Å². The number of rotatable bonds is 2. The van der Waals surface area contributed by atoms with Gasteiger partial charge in [0.15, 0.2) is 9.84 Å². The number of H-pyrrole nitrogens is 1. The van der Waals surface area contributed by atoms with Crippen molar-refractivity contribution in [2.24, 2.45) is 0 Å². The molecule has 1 N–H and O–H groups in total. The Hall–Kier alpha value is -1.10. The van der Waals surface area contributed by atoms with E-state index in [4.69, 9.17) is 0 Å². The van der Waals surface area contributed by atoms with Gasteiger partial charge in [-0.2, -0.15) is 0 Å². The molecule has 1 aromatic rings. The molecule has 1 heterocycles. The minimum Gasteiger partial charge on any atom is -0.325 e. The van der Waals surface area contributed by atoms with Crippen LogP contribution < -0.4 is 5.56 Å². The third-order valence-electron chi connectivity index (χ3n) is 3.23. The summed E-state index contributed by atoms with van der Waals surface area (Å²) in [5, 5.41) is -0.565. The second kappa shape index (κ2) is 4.29. The molecule has 4 nitrogen and oxygen atoms in total. The largest absolute Gasteiger partial charge is 0.325 e. The normalized spacial score (nSPS) is 15.9. The van der Waals surface area contributed by atoms with Gasteiger partial charge in [0.1, 0.15) is 4.90 Å². The molecule has 1 aromatic heterocycles. The fourth-order valence-corrected chi connectivity index (χ4v) is 3.24. The van der Waals surface area contributed by atoms with Gasteiger partial charge in [0.25, 0.3) is 5.56 Å². The third-order valence-corrected chi connectivity index (χ3v) is 5.39. The quantitative estimate of drug-likeness (QED) is 0.869. The fourth-order valence-electron chi connectivity index (χ4n) is 2.12. The number of nitrogens with one attached hydrogen (secondary N) is 1. The van der Waals surface area contributed by atoms with Crippen LogP contribution in [0.2, 0.25) is 0 Å². The molecule has 5 heteroatoms. The number of hydrogen-bond donors (Lipinski definition) is 1. The number of aryl methyl sites for hydroxylation is 2. The van der Waals surface area contributed by atoms with Crippen LogP contribution >= 0.6 is 0 Å². The van der Waals surface area contributed by atoms with E-state index in [2.05, 4.69) is 4.98 Å². The highest BCUT2D eigenvalue weighted by atomic mass is 32.2. The number of sulfone groups is 1. The van der Waals surface area contributed by atoms with Crippen molar-refractivity contribution in [3.8, 4) is 0 Å². The Balaban J connectivity index is 2.61. The summed E-state index contributed by atoms with van der Waals surface area (Å²) in [6, 6.07) is 1.57. The van der Waals surface area contributed by atoms with Crippen LogP contribution in [0.3, 0.4) is 0 Å². The lowest BCUT2D eigenvalue weighted by Gasteiger charge is -2.16. The van der Waals surface area contributed by atoms with Gasteiger partial charge in [0.05, 0.1) is 5.25 Å². The lowest BCUT2D eigenvalue weighted by molar-refractivity contribution is 0.584. The molecule has 0 saturated heterocycles. The standard InChI is InChI=1S/C12H17NO3S/c1-8(2)17(15,16)11-7-9-5-3-4-6-10(9)13-12(11)14/h7-8H,3-6H2,1-2H3,(H,13,14). The summed E-state index contributed by atoms with van der Waals surface area (Å²) in [5.74, 6) is 0. The molecule has 0 fully saturated rings. The molecule has 0 saturated carbocycles. The number of aromatic amines is 1. The maximum Gasteiger partial charge on any atom is 0.266 e. The van der Waals surface area contributed by atoms with E-state index in [-0.39, 0.29) is 4.90 Å². The fraction of sp³-hybridized carbons (Fsp3) is 0.583. The van der Waals surface area contributed by atoms with E-state index in [0.717, 1.165) is 36.9 Å². The topological polar surface area (TPSA) is 67.0 Å². The molecule has 0 aliphatic heterocycles. The second-order valence-corrected chi connectivity index (χ2v) is 7.24. The summed E-state index contributed by atoms with van der Waals surface area (Å²) in [5.41, 5.74) is 1.42. The molecule has 0 amide bonds. The van der Waals surface area contributed by atoms with Gasteiger partial charge in [-0.25, -0.2) is 8.42 Å². The highest BCUT2D eigenvalue weighted by Gasteiger charge is 2.24. The van der Waals surface area contributed by atoms with Crippen LogP contribution in [0.25, 0.3) is 0 Å². The Morgan fingerprint density at radius 1 is 1.24 bits per heavy atom. The zero-order chi connectivity index (χ0) is 12.6. The van der Waals surface area contributed by atoms with Crippen LogP contribution in [-0.2, 0) is 22.7 Å². The molecule has 94 valence electrons. The van der Waals surface area contributed by atoms with E-state index in [1.54, 1.807) is 19.9 Å². The predicted octanol–water partition coefficient (Wildman–Crippen LogP) is 1.44. The van der Waals surface area contributed by atoms with E-state index < -0.39 is 20.6 Å². The maximum atomic E-state index is 12.0. The first-order valence-corrected chi connectivity index (χ1v) is 7.46. The van der Waals surface area contributed by atoms with Gasteiger partial charge in [-0.3, -0.25) is 4.79 Å². The first kappa shape index (κ1) is 12.4.